The van der Waals surface area contributed by atoms with Crippen LogP contribution >= 0.6 is 11.6 Å². The van der Waals surface area contributed by atoms with E-state index in [4.69, 9.17) is 16.7 Å². The fourth-order valence-electron chi connectivity index (χ4n) is 3.30. The molecule has 0 unspecified atom stereocenters. The summed E-state index contributed by atoms with van der Waals surface area (Å²) in [7, 11) is 0. The highest BCUT2D eigenvalue weighted by molar-refractivity contribution is 6.31. The Bertz CT molecular complexity index is 1020. The molecule has 0 atom stereocenters. The number of halogens is 1. The van der Waals surface area contributed by atoms with Gasteiger partial charge in [-0.3, -0.25) is 4.57 Å². The van der Waals surface area contributed by atoms with Crippen LogP contribution in [0.25, 0.3) is 16.7 Å². The van der Waals surface area contributed by atoms with E-state index in [-0.39, 0.29) is 5.69 Å². The first kappa shape index (κ1) is 16.5. The number of benzene rings is 2. The lowest BCUT2D eigenvalue weighted by molar-refractivity contribution is 0.142. The summed E-state index contributed by atoms with van der Waals surface area (Å²) >= 11 is 6.07. The molecule has 0 radical (unpaired) electrons. The van der Waals surface area contributed by atoms with Crippen LogP contribution in [0, 0.1) is 0 Å². The van der Waals surface area contributed by atoms with Crippen LogP contribution in [0.2, 0.25) is 5.02 Å². The van der Waals surface area contributed by atoms with Gasteiger partial charge >= 0.3 is 11.8 Å². The first-order valence-corrected chi connectivity index (χ1v) is 8.64. The Kier molecular flexibility index (Phi) is 4.08. The number of amides is 1. The van der Waals surface area contributed by atoms with E-state index in [9.17, 15) is 9.59 Å². The SMILES string of the molecule is O=C(O)N1CCN(c2ccc(-n3c(=O)[nH]c4ccc(Cl)cc43)cc2)CC1. The molecule has 1 fully saturated rings. The molecular formula is C18H17ClN4O3. The van der Waals surface area contributed by atoms with Gasteiger partial charge in [-0.2, -0.15) is 0 Å². The third-order valence-corrected chi connectivity index (χ3v) is 4.90. The average Bonchev–Trinajstić information content (AvgIpc) is 2.97. The maximum atomic E-state index is 12.3. The van der Waals surface area contributed by atoms with Crippen LogP contribution in [0.4, 0.5) is 10.5 Å². The van der Waals surface area contributed by atoms with Gasteiger partial charge in [-0.05, 0) is 42.5 Å². The number of carbonyl (C=O) groups is 1. The molecule has 0 saturated carbocycles. The number of piperazine rings is 1. The maximum Gasteiger partial charge on any atom is 0.407 e. The van der Waals surface area contributed by atoms with Crippen LogP contribution in [-0.2, 0) is 0 Å². The molecule has 1 saturated heterocycles. The van der Waals surface area contributed by atoms with Crippen molar-refractivity contribution in [3.63, 3.8) is 0 Å². The molecule has 0 bridgehead atoms. The Hall–Kier alpha value is -2.93. The molecule has 134 valence electrons. The van der Waals surface area contributed by atoms with Gasteiger partial charge in [-0.25, -0.2) is 9.59 Å². The second-order valence-corrected chi connectivity index (χ2v) is 6.64. The topological polar surface area (TPSA) is 81.6 Å². The van der Waals surface area contributed by atoms with Crippen molar-refractivity contribution in [3.8, 4) is 5.69 Å². The second kappa shape index (κ2) is 6.42. The number of hydrogen-bond acceptors (Lipinski definition) is 3. The van der Waals surface area contributed by atoms with Gasteiger partial charge in [-0.15, -0.1) is 0 Å². The van der Waals surface area contributed by atoms with Gasteiger partial charge in [0, 0.05) is 36.9 Å². The normalized spacial score (nSPS) is 14.8. The Morgan fingerprint density at radius 3 is 2.31 bits per heavy atom. The Morgan fingerprint density at radius 1 is 1.00 bits per heavy atom. The molecule has 1 aliphatic rings. The van der Waals surface area contributed by atoms with Crippen molar-refractivity contribution in [1.82, 2.24) is 14.5 Å². The van der Waals surface area contributed by atoms with Crippen molar-refractivity contribution in [1.29, 1.82) is 0 Å². The number of carboxylic acid groups (broad SMARTS) is 1. The Morgan fingerprint density at radius 2 is 1.65 bits per heavy atom. The van der Waals surface area contributed by atoms with E-state index in [2.05, 4.69) is 9.88 Å². The minimum absolute atomic E-state index is 0.218. The van der Waals surface area contributed by atoms with Gasteiger partial charge in [0.1, 0.15) is 0 Å². The van der Waals surface area contributed by atoms with E-state index in [0.29, 0.717) is 31.2 Å². The van der Waals surface area contributed by atoms with E-state index in [1.165, 1.54) is 4.90 Å². The summed E-state index contributed by atoms with van der Waals surface area (Å²) in [6.45, 7) is 2.26. The first-order chi connectivity index (χ1) is 12.5. The summed E-state index contributed by atoms with van der Waals surface area (Å²) in [6.07, 6.45) is -0.877. The minimum Gasteiger partial charge on any atom is -0.465 e. The molecule has 2 aromatic carbocycles. The summed E-state index contributed by atoms with van der Waals surface area (Å²) in [4.78, 5) is 29.7. The van der Waals surface area contributed by atoms with Crippen molar-refractivity contribution < 1.29 is 9.90 Å². The van der Waals surface area contributed by atoms with Crippen LogP contribution in [0.1, 0.15) is 0 Å². The predicted molar refractivity (Wildman–Crippen MR) is 101 cm³/mol. The van der Waals surface area contributed by atoms with E-state index in [1.54, 1.807) is 22.8 Å². The quantitative estimate of drug-likeness (QED) is 0.724. The molecule has 2 N–H and O–H groups in total. The largest absolute Gasteiger partial charge is 0.465 e. The summed E-state index contributed by atoms with van der Waals surface area (Å²) < 4.78 is 1.59. The lowest BCUT2D eigenvalue weighted by Gasteiger charge is -2.34. The summed E-state index contributed by atoms with van der Waals surface area (Å²) in [6, 6.07) is 12.9. The molecule has 1 amide bonds. The van der Waals surface area contributed by atoms with Crippen LogP contribution in [0.5, 0.6) is 0 Å². The molecule has 26 heavy (non-hydrogen) atoms. The number of nitrogens with one attached hydrogen (secondary N) is 1. The highest BCUT2D eigenvalue weighted by Crippen LogP contribution is 2.22. The van der Waals surface area contributed by atoms with Crippen molar-refractivity contribution in [2.75, 3.05) is 31.1 Å². The number of fused-ring (bicyclic) bond motifs is 1. The number of rotatable bonds is 2. The summed E-state index contributed by atoms with van der Waals surface area (Å²) in [5.74, 6) is 0. The molecule has 7 nitrogen and oxygen atoms in total. The van der Waals surface area contributed by atoms with Crippen molar-refractivity contribution in [2.45, 2.75) is 0 Å². The number of imidazole rings is 1. The number of nitrogens with zero attached hydrogens (tertiary/aromatic N) is 3. The van der Waals surface area contributed by atoms with Crippen LogP contribution in [0.3, 0.4) is 0 Å². The summed E-state index contributed by atoms with van der Waals surface area (Å²) in [5, 5.41) is 9.60. The number of H-pyrrole nitrogens is 1. The lowest BCUT2D eigenvalue weighted by Crippen LogP contribution is -2.48. The fraction of sp³-hybridized carbons (Fsp3) is 0.222. The average molecular weight is 373 g/mol. The van der Waals surface area contributed by atoms with Gasteiger partial charge in [0.15, 0.2) is 0 Å². The second-order valence-electron chi connectivity index (χ2n) is 6.20. The number of hydrogen-bond donors (Lipinski definition) is 2. The van der Waals surface area contributed by atoms with Crippen molar-refractivity contribution in [3.05, 3.63) is 58.0 Å². The van der Waals surface area contributed by atoms with Gasteiger partial charge in [-0.1, -0.05) is 11.6 Å². The Balaban J connectivity index is 1.61. The molecule has 1 aliphatic heterocycles. The fourth-order valence-corrected chi connectivity index (χ4v) is 3.47. The highest BCUT2D eigenvalue weighted by Gasteiger charge is 2.20. The lowest BCUT2D eigenvalue weighted by atomic mass is 10.2. The van der Waals surface area contributed by atoms with Gasteiger partial charge in [0.05, 0.1) is 16.7 Å². The molecule has 0 spiro atoms. The van der Waals surface area contributed by atoms with Gasteiger partial charge in [0.25, 0.3) is 0 Å². The standard InChI is InChI=1S/C18H17ClN4O3/c19-12-1-6-15-16(11-12)23(17(24)20-15)14-4-2-13(3-5-14)21-7-9-22(10-8-21)18(25)26/h1-6,11H,7-10H2,(H,20,24)(H,25,26). The molecule has 3 aromatic rings. The van der Waals surface area contributed by atoms with Crippen molar-refractivity contribution in [2.24, 2.45) is 0 Å². The first-order valence-electron chi connectivity index (χ1n) is 8.26. The van der Waals surface area contributed by atoms with Gasteiger partial charge in [0.2, 0.25) is 0 Å². The van der Waals surface area contributed by atoms with Crippen LogP contribution < -0.4 is 10.6 Å². The van der Waals surface area contributed by atoms with E-state index < -0.39 is 6.09 Å². The zero-order valence-corrected chi connectivity index (χ0v) is 14.6. The smallest absolute Gasteiger partial charge is 0.407 e. The van der Waals surface area contributed by atoms with Crippen LogP contribution in [0.15, 0.2) is 47.3 Å². The number of aromatic nitrogens is 2. The molecular weight excluding hydrogens is 356 g/mol. The third-order valence-electron chi connectivity index (χ3n) is 4.67. The summed E-state index contributed by atoms with van der Waals surface area (Å²) in [5.41, 5.74) is 2.99. The van der Waals surface area contributed by atoms with Crippen LogP contribution in [-0.4, -0.2) is 51.8 Å². The zero-order valence-electron chi connectivity index (χ0n) is 13.9. The minimum atomic E-state index is -0.877. The van der Waals surface area contributed by atoms with E-state index in [1.807, 2.05) is 24.3 Å². The Labute approximate surface area is 154 Å². The van der Waals surface area contributed by atoms with Crippen molar-refractivity contribution >= 4 is 34.4 Å². The van der Waals surface area contributed by atoms with E-state index in [0.717, 1.165) is 22.4 Å². The highest BCUT2D eigenvalue weighted by atomic mass is 35.5. The zero-order chi connectivity index (χ0) is 18.3. The third kappa shape index (κ3) is 2.90. The number of aromatic amines is 1. The molecule has 8 heteroatoms. The monoisotopic (exact) mass is 372 g/mol. The van der Waals surface area contributed by atoms with Gasteiger partial charge < -0.3 is 19.9 Å². The molecule has 0 aliphatic carbocycles. The number of anilines is 1. The molecule has 1 aromatic heterocycles. The molecule has 2 heterocycles. The maximum absolute atomic E-state index is 12.3. The van der Waals surface area contributed by atoms with E-state index >= 15 is 0 Å². The predicted octanol–water partition coefficient (Wildman–Crippen LogP) is 2.77. The molecule has 4 rings (SSSR count).